The molecule has 0 saturated heterocycles. The Morgan fingerprint density at radius 3 is 2.62 bits per heavy atom. The Bertz CT molecular complexity index is 750. The second-order valence-electron chi connectivity index (χ2n) is 5.05. The summed E-state index contributed by atoms with van der Waals surface area (Å²) < 4.78 is 29.1. The molecule has 2 rings (SSSR count). The fourth-order valence-corrected chi connectivity index (χ4v) is 3.46. The number of hydrogen-bond acceptors (Lipinski definition) is 4. The predicted octanol–water partition coefficient (Wildman–Crippen LogP) is 0.974. The monoisotopic (exact) mass is 308 g/mol. The highest BCUT2D eigenvalue weighted by Gasteiger charge is 2.19. The number of rotatable bonds is 5. The van der Waals surface area contributed by atoms with Crippen molar-refractivity contribution in [1.29, 1.82) is 0 Å². The molecule has 0 atom stereocenters. The number of sulfonamides is 1. The van der Waals surface area contributed by atoms with Gasteiger partial charge in [0.25, 0.3) is 0 Å². The maximum atomic E-state index is 12.5. The molecule has 0 aliphatic rings. The van der Waals surface area contributed by atoms with E-state index >= 15 is 0 Å². The third-order valence-electron chi connectivity index (χ3n) is 3.42. The average molecular weight is 308 g/mol. The van der Waals surface area contributed by atoms with Crippen LogP contribution >= 0.6 is 0 Å². The van der Waals surface area contributed by atoms with Gasteiger partial charge in [0.1, 0.15) is 0 Å². The molecule has 0 saturated carbocycles. The van der Waals surface area contributed by atoms with Crippen LogP contribution in [0.5, 0.6) is 0 Å². The first-order chi connectivity index (χ1) is 9.83. The summed E-state index contributed by atoms with van der Waals surface area (Å²) in [5.41, 5.74) is 8.74. The maximum Gasteiger partial charge on any atom is 0.241 e. The van der Waals surface area contributed by atoms with E-state index in [0.717, 1.165) is 16.7 Å². The van der Waals surface area contributed by atoms with Gasteiger partial charge in [-0.15, -0.1) is 0 Å². The lowest BCUT2D eigenvalue weighted by Gasteiger charge is -2.12. The van der Waals surface area contributed by atoms with Crippen LogP contribution < -0.4 is 10.5 Å². The summed E-state index contributed by atoms with van der Waals surface area (Å²) >= 11 is 0. The normalized spacial score (nSPS) is 11.8. The van der Waals surface area contributed by atoms with Gasteiger partial charge in [0.2, 0.25) is 10.0 Å². The van der Waals surface area contributed by atoms with E-state index in [1.54, 1.807) is 37.0 Å². The summed E-state index contributed by atoms with van der Waals surface area (Å²) in [5.74, 6) is 0. The summed E-state index contributed by atoms with van der Waals surface area (Å²) in [4.78, 5) is 0.277. The van der Waals surface area contributed by atoms with Crippen LogP contribution in [0.3, 0.4) is 0 Å². The van der Waals surface area contributed by atoms with Crippen molar-refractivity contribution in [3.8, 4) is 0 Å². The Hall–Kier alpha value is -1.70. The fourth-order valence-electron chi connectivity index (χ4n) is 2.10. The van der Waals surface area contributed by atoms with Gasteiger partial charge >= 0.3 is 0 Å². The van der Waals surface area contributed by atoms with E-state index in [4.69, 9.17) is 5.73 Å². The van der Waals surface area contributed by atoms with Gasteiger partial charge in [0, 0.05) is 19.8 Å². The van der Waals surface area contributed by atoms with Crippen molar-refractivity contribution < 1.29 is 8.42 Å². The highest BCUT2D eigenvalue weighted by molar-refractivity contribution is 7.89. The quantitative estimate of drug-likeness (QED) is 0.861. The number of aromatic nitrogens is 2. The molecule has 1 heterocycles. The molecular formula is C14H20N4O2S. The Labute approximate surface area is 125 Å². The van der Waals surface area contributed by atoms with Crippen LogP contribution in [0.1, 0.15) is 22.4 Å². The predicted molar refractivity (Wildman–Crippen MR) is 81.0 cm³/mol. The number of aryl methyl sites for hydroxylation is 2. The fraction of sp³-hybridized carbons (Fsp3) is 0.357. The molecule has 6 nitrogen and oxygen atoms in total. The van der Waals surface area contributed by atoms with Crippen LogP contribution in [-0.2, 0) is 30.2 Å². The summed E-state index contributed by atoms with van der Waals surface area (Å²) in [7, 11) is -1.80. The van der Waals surface area contributed by atoms with Crippen LogP contribution in [0.25, 0.3) is 0 Å². The lowest BCUT2D eigenvalue weighted by molar-refractivity contribution is 0.578. The first kappa shape index (κ1) is 15.7. The van der Waals surface area contributed by atoms with Crippen molar-refractivity contribution in [1.82, 2.24) is 14.5 Å². The van der Waals surface area contributed by atoms with Crippen LogP contribution in [0, 0.1) is 13.8 Å². The second kappa shape index (κ2) is 5.97. The molecule has 1 aromatic heterocycles. The van der Waals surface area contributed by atoms with Crippen LogP contribution in [0.2, 0.25) is 0 Å². The average Bonchev–Trinajstić information content (AvgIpc) is 2.85. The van der Waals surface area contributed by atoms with Gasteiger partial charge in [-0.1, -0.05) is 6.07 Å². The first-order valence-corrected chi connectivity index (χ1v) is 8.10. The molecule has 0 radical (unpaired) electrons. The van der Waals surface area contributed by atoms with Crippen LogP contribution in [0.15, 0.2) is 29.3 Å². The molecule has 0 fully saturated rings. The molecular weight excluding hydrogens is 288 g/mol. The Kier molecular flexibility index (Phi) is 4.46. The molecule has 114 valence electrons. The third kappa shape index (κ3) is 3.49. The summed E-state index contributed by atoms with van der Waals surface area (Å²) in [6.07, 6.45) is 1.77. The molecule has 0 bridgehead atoms. The van der Waals surface area contributed by atoms with Crippen molar-refractivity contribution >= 4 is 10.0 Å². The molecule has 7 heteroatoms. The smallest absolute Gasteiger partial charge is 0.241 e. The SMILES string of the molecule is Cc1cc(CN)cc(S(=O)(=O)NCc2ccn(C)n2)c1C. The van der Waals surface area contributed by atoms with Gasteiger partial charge in [-0.25, -0.2) is 13.1 Å². The zero-order chi connectivity index (χ0) is 15.6. The van der Waals surface area contributed by atoms with E-state index in [9.17, 15) is 8.42 Å². The zero-order valence-corrected chi connectivity index (χ0v) is 13.2. The van der Waals surface area contributed by atoms with Crippen molar-refractivity contribution in [2.45, 2.75) is 31.8 Å². The van der Waals surface area contributed by atoms with Gasteiger partial charge < -0.3 is 5.73 Å². The van der Waals surface area contributed by atoms with Crippen LogP contribution in [-0.4, -0.2) is 18.2 Å². The highest BCUT2D eigenvalue weighted by atomic mass is 32.2. The topological polar surface area (TPSA) is 90.0 Å². The first-order valence-electron chi connectivity index (χ1n) is 6.62. The minimum absolute atomic E-state index is 0.161. The number of hydrogen-bond donors (Lipinski definition) is 2. The minimum Gasteiger partial charge on any atom is -0.326 e. The number of nitrogens with two attached hydrogens (primary N) is 1. The molecule has 1 aromatic carbocycles. The van der Waals surface area contributed by atoms with Gasteiger partial charge in [-0.3, -0.25) is 4.68 Å². The van der Waals surface area contributed by atoms with E-state index < -0.39 is 10.0 Å². The van der Waals surface area contributed by atoms with E-state index in [2.05, 4.69) is 9.82 Å². The van der Waals surface area contributed by atoms with Crippen molar-refractivity contribution in [3.05, 3.63) is 46.8 Å². The largest absolute Gasteiger partial charge is 0.326 e. The van der Waals surface area contributed by atoms with Gasteiger partial charge in [0.15, 0.2) is 0 Å². The minimum atomic E-state index is -3.59. The molecule has 0 aliphatic heterocycles. The van der Waals surface area contributed by atoms with E-state index in [1.165, 1.54) is 0 Å². The van der Waals surface area contributed by atoms with E-state index in [1.807, 2.05) is 13.0 Å². The highest BCUT2D eigenvalue weighted by Crippen LogP contribution is 2.21. The van der Waals surface area contributed by atoms with Gasteiger partial charge in [-0.2, -0.15) is 5.10 Å². The summed E-state index contributed by atoms with van der Waals surface area (Å²) in [6, 6.07) is 5.31. The van der Waals surface area contributed by atoms with Gasteiger partial charge in [0.05, 0.1) is 17.1 Å². The third-order valence-corrected chi connectivity index (χ3v) is 4.94. The summed E-state index contributed by atoms with van der Waals surface area (Å²) in [6.45, 7) is 4.15. The zero-order valence-electron chi connectivity index (χ0n) is 12.4. The van der Waals surface area contributed by atoms with Crippen molar-refractivity contribution in [3.63, 3.8) is 0 Å². The lowest BCUT2D eigenvalue weighted by atomic mass is 10.1. The Morgan fingerprint density at radius 1 is 1.33 bits per heavy atom. The van der Waals surface area contributed by atoms with E-state index in [-0.39, 0.29) is 11.4 Å². The standard InChI is InChI=1S/C14H20N4O2S/c1-10-6-12(8-15)7-14(11(10)2)21(19,20)16-9-13-4-5-18(3)17-13/h4-7,16H,8-9,15H2,1-3H3. The number of nitrogens with one attached hydrogen (secondary N) is 1. The molecule has 3 N–H and O–H groups in total. The molecule has 2 aromatic rings. The molecule has 0 unspecified atom stereocenters. The number of nitrogens with zero attached hydrogens (tertiary/aromatic N) is 2. The second-order valence-corrected chi connectivity index (χ2v) is 6.78. The Balaban J connectivity index is 2.29. The maximum absolute atomic E-state index is 12.5. The lowest BCUT2D eigenvalue weighted by Crippen LogP contribution is -2.25. The molecule has 0 amide bonds. The van der Waals surface area contributed by atoms with Crippen molar-refractivity contribution in [2.75, 3.05) is 0 Å². The van der Waals surface area contributed by atoms with Crippen molar-refractivity contribution in [2.24, 2.45) is 12.8 Å². The van der Waals surface area contributed by atoms with Gasteiger partial charge in [-0.05, 0) is 42.7 Å². The molecule has 0 spiro atoms. The van der Waals surface area contributed by atoms with Crippen LogP contribution in [0.4, 0.5) is 0 Å². The summed E-state index contributed by atoms with van der Waals surface area (Å²) in [5, 5.41) is 4.15. The number of benzene rings is 1. The molecule has 0 aliphatic carbocycles. The van der Waals surface area contributed by atoms with E-state index in [0.29, 0.717) is 12.2 Å². The Morgan fingerprint density at radius 2 is 2.05 bits per heavy atom. The molecule has 21 heavy (non-hydrogen) atoms.